The number of amides is 1. The second-order valence-corrected chi connectivity index (χ2v) is 4.69. The van der Waals surface area contributed by atoms with Gasteiger partial charge in [-0.1, -0.05) is 25.0 Å². The topological polar surface area (TPSA) is 64.4 Å². The molecule has 1 aromatic rings. The highest BCUT2D eigenvalue weighted by molar-refractivity contribution is 5.73. The Hall–Kier alpha value is -1.71. The molecule has 1 aliphatic rings. The molecule has 1 aromatic carbocycles. The number of anilines is 1. The molecule has 2 rings (SSSR count). The van der Waals surface area contributed by atoms with Crippen molar-refractivity contribution in [3.05, 3.63) is 24.3 Å². The maximum Gasteiger partial charge on any atom is 0.220 e. The van der Waals surface area contributed by atoms with Gasteiger partial charge >= 0.3 is 0 Å². The van der Waals surface area contributed by atoms with Gasteiger partial charge in [0.15, 0.2) is 0 Å². The van der Waals surface area contributed by atoms with Crippen LogP contribution in [0.25, 0.3) is 0 Å². The van der Waals surface area contributed by atoms with Gasteiger partial charge in [0.2, 0.25) is 5.91 Å². The molecule has 4 nitrogen and oxygen atoms in total. The predicted molar refractivity (Wildman–Crippen MR) is 71.6 cm³/mol. The van der Waals surface area contributed by atoms with Crippen molar-refractivity contribution in [2.75, 3.05) is 11.9 Å². The highest BCUT2D eigenvalue weighted by atomic mass is 16.5. The lowest BCUT2D eigenvalue weighted by atomic mass is 10.2. The summed E-state index contributed by atoms with van der Waals surface area (Å²) in [7, 11) is 0. The maximum absolute atomic E-state index is 10.7. The van der Waals surface area contributed by atoms with Gasteiger partial charge in [-0.2, -0.15) is 0 Å². The molecule has 0 heterocycles. The van der Waals surface area contributed by atoms with E-state index in [-0.39, 0.29) is 12.3 Å². The summed E-state index contributed by atoms with van der Waals surface area (Å²) in [6.07, 6.45) is 5.27. The molecule has 18 heavy (non-hydrogen) atoms. The van der Waals surface area contributed by atoms with Crippen LogP contribution >= 0.6 is 0 Å². The molecule has 3 N–H and O–H groups in total. The number of nitrogens with two attached hydrogens (primary N) is 1. The molecule has 0 aliphatic heterocycles. The average Bonchev–Trinajstić information content (AvgIpc) is 2.84. The molecular formula is C14H20N2O2. The number of hydrogen-bond acceptors (Lipinski definition) is 3. The zero-order chi connectivity index (χ0) is 12.8. The minimum Gasteiger partial charge on any atom is -0.491 e. The van der Waals surface area contributed by atoms with Crippen molar-refractivity contribution >= 4 is 11.6 Å². The van der Waals surface area contributed by atoms with Crippen LogP contribution < -0.4 is 15.8 Å². The van der Waals surface area contributed by atoms with Crippen LogP contribution in [0.2, 0.25) is 0 Å². The summed E-state index contributed by atoms with van der Waals surface area (Å²) >= 11 is 0. The van der Waals surface area contributed by atoms with Crippen LogP contribution in [0, 0.1) is 0 Å². The Labute approximate surface area is 108 Å². The lowest BCUT2D eigenvalue weighted by molar-refractivity contribution is -0.118. The lowest BCUT2D eigenvalue weighted by Gasteiger charge is -2.17. The molecule has 0 bridgehead atoms. The van der Waals surface area contributed by atoms with Crippen LogP contribution in [-0.4, -0.2) is 18.6 Å². The first kappa shape index (κ1) is 12.7. The largest absolute Gasteiger partial charge is 0.491 e. The standard InChI is InChI=1S/C14H20N2O2/c15-14(17)9-10-18-13-8-4-3-7-12(13)16-11-5-1-2-6-11/h3-4,7-8,11,16H,1-2,5-6,9-10H2,(H2,15,17). The van der Waals surface area contributed by atoms with Crippen molar-refractivity contribution in [2.45, 2.75) is 38.1 Å². The first-order chi connectivity index (χ1) is 8.75. The van der Waals surface area contributed by atoms with E-state index in [2.05, 4.69) is 5.32 Å². The maximum atomic E-state index is 10.7. The quantitative estimate of drug-likeness (QED) is 0.812. The van der Waals surface area contributed by atoms with E-state index < -0.39 is 0 Å². The van der Waals surface area contributed by atoms with Crippen LogP contribution in [0.15, 0.2) is 24.3 Å². The van der Waals surface area contributed by atoms with E-state index in [4.69, 9.17) is 10.5 Å². The number of benzene rings is 1. The number of carbonyl (C=O) groups is 1. The molecule has 0 atom stereocenters. The van der Waals surface area contributed by atoms with Gasteiger partial charge in [0.05, 0.1) is 18.7 Å². The van der Waals surface area contributed by atoms with E-state index in [1.807, 2.05) is 24.3 Å². The summed E-state index contributed by atoms with van der Waals surface area (Å²) < 4.78 is 5.59. The first-order valence-corrected chi connectivity index (χ1v) is 6.52. The lowest BCUT2D eigenvalue weighted by Crippen LogP contribution is -2.17. The highest BCUT2D eigenvalue weighted by Gasteiger charge is 2.16. The van der Waals surface area contributed by atoms with E-state index in [1.165, 1.54) is 25.7 Å². The summed E-state index contributed by atoms with van der Waals surface area (Å²) in [6, 6.07) is 8.39. The van der Waals surface area contributed by atoms with E-state index in [1.54, 1.807) is 0 Å². The van der Waals surface area contributed by atoms with Gasteiger partial charge < -0.3 is 15.8 Å². The predicted octanol–water partition coefficient (Wildman–Crippen LogP) is 2.30. The summed E-state index contributed by atoms with van der Waals surface area (Å²) in [6.45, 7) is 0.332. The number of ether oxygens (including phenoxy) is 1. The minimum atomic E-state index is -0.337. The SMILES string of the molecule is NC(=O)CCOc1ccccc1NC1CCCC1. The van der Waals surface area contributed by atoms with Crippen LogP contribution in [0.4, 0.5) is 5.69 Å². The Kier molecular flexibility index (Phi) is 4.45. The summed E-state index contributed by atoms with van der Waals surface area (Å²) in [5.41, 5.74) is 6.10. The normalized spacial score (nSPS) is 15.6. The number of hydrogen-bond donors (Lipinski definition) is 2. The third-order valence-corrected chi connectivity index (χ3v) is 3.21. The summed E-state index contributed by atoms with van der Waals surface area (Å²) in [4.78, 5) is 10.7. The second kappa shape index (κ2) is 6.28. The fourth-order valence-electron chi connectivity index (χ4n) is 2.26. The van der Waals surface area contributed by atoms with Gasteiger partial charge in [-0.15, -0.1) is 0 Å². The van der Waals surface area contributed by atoms with Crippen molar-refractivity contribution < 1.29 is 9.53 Å². The Morgan fingerprint density at radius 2 is 2.06 bits per heavy atom. The van der Waals surface area contributed by atoms with Gasteiger partial charge in [0.25, 0.3) is 0 Å². The number of carbonyl (C=O) groups excluding carboxylic acids is 1. The molecular weight excluding hydrogens is 228 g/mol. The molecule has 1 fully saturated rings. The Morgan fingerprint density at radius 3 is 2.78 bits per heavy atom. The average molecular weight is 248 g/mol. The second-order valence-electron chi connectivity index (χ2n) is 4.69. The monoisotopic (exact) mass is 248 g/mol. The number of rotatable bonds is 6. The van der Waals surface area contributed by atoms with E-state index in [0.717, 1.165) is 11.4 Å². The Morgan fingerprint density at radius 1 is 1.33 bits per heavy atom. The fourth-order valence-corrected chi connectivity index (χ4v) is 2.26. The van der Waals surface area contributed by atoms with Crippen LogP contribution in [0.5, 0.6) is 5.75 Å². The van der Waals surface area contributed by atoms with Crippen LogP contribution in [0.1, 0.15) is 32.1 Å². The van der Waals surface area contributed by atoms with Gasteiger partial charge in [0, 0.05) is 6.04 Å². The zero-order valence-corrected chi connectivity index (χ0v) is 10.5. The molecule has 0 saturated heterocycles. The summed E-state index contributed by atoms with van der Waals surface area (Å²) in [5, 5.41) is 3.51. The van der Waals surface area contributed by atoms with Gasteiger partial charge in [0.1, 0.15) is 5.75 Å². The Balaban J connectivity index is 1.93. The third kappa shape index (κ3) is 3.65. The smallest absolute Gasteiger partial charge is 0.220 e. The molecule has 4 heteroatoms. The fraction of sp³-hybridized carbons (Fsp3) is 0.500. The zero-order valence-electron chi connectivity index (χ0n) is 10.5. The van der Waals surface area contributed by atoms with Crippen molar-refractivity contribution in [2.24, 2.45) is 5.73 Å². The molecule has 1 amide bonds. The molecule has 0 aromatic heterocycles. The number of primary amides is 1. The highest BCUT2D eigenvalue weighted by Crippen LogP contribution is 2.28. The van der Waals surface area contributed by atoms with Gasteiger partial charge in [-0.25, -0.2) is 0 Å². The molecule has 0 radical (unpaired) electrons. The van der Waals surface area contributed by atoms with Crippen molar-refractivity contribution in [1.29, 1.82) is 0 Å². The van der Waals surface area contributed by atoms with Crippen molar-refractivity contribution in [1.82, 2.24) is 0 Å². The Bertz CT molecular complexity index is 401. The third-order valence-electron chi connectivity index (χ3n) is 3.21. The summed E-state index contributed by atoms with van der Waals surface area (Å²) in [5.74, 6) is 0.460. The van der Waals surface area contributed by atoms with Crippen molar-refractivity contribution in [3.8, 4) is 5.75 Å². The van der Waals surface area contributed by atoms with E-state index in [0.29, 0.717) is 12.6 Å². The number of para-hydroxylation sites is 2. The number of nitrogens with one attached hydrogen (secondary N) is 1. The van der Waals surface area contributed by atoms with Crippen molar-refractivity contribution in [3.63, 3.8) is 0 Å². The van der Waals surface area contributed by atoms with Gasteiger partial charge in [-0.3, -0.25) is 4.79 Å². The minimum absolute atomic E-state index is 0.248. The first-order valence-electron chi connectivity index (χ1n) is 6.52. The molecule has 98 valence electrons. The van der Waals surface area contributed by atoms with Crippen LogP contribution in [0.3, 0.4) is 0 Å². The van der Waals surface area contributed by atoms with E-state index in [9.17, 15) is 4.79 Å². The molecule has 1 saturated carbocycles. The molecule has 1 aliphatic carbocycles. The van der Waals surface area contributed by atoms with E-state index >= 15 is 0 Å². The van der Waals surface area contributed by atoms with Crippen LogP contribution in [-0.2, 0) is 4.79 Å². The molecule has 0 spiro atoms. The molecule has 0 unspecified atom stereocenters. The van der Waals surface area contributed by atoms with Gasteiger partial charge in [-0.05, 0) is 25.0 Å².